The Morgan fingerprint density at radius 1 is 0.950 bits per heavy atom. The van der Waals surface area contributed by atoms with E-state index in [9.17, 15) is 19.5 Å². The summed E-state index contributed by atoms with van der Waals surface area (Å²) in [5.74, 6) is -1.98. The molecule has 3 amide bonds. The van der Waals surface area contributed by atoms with E-state index >= 15 is 0 Å². The zero-order chi connectivity index (χ0) is 27.9. The Morgan fingerprint density at radius 2 is 1.57 bits per heavy atom. The number of carbonyl (C=O) groups is 3. The van der Waals surface area contributed by atoms with Crippen LogP contribution in [-0.2, 0) is 20.9 Å². The second-order valence-electron chi connectivity index (χ2n) is 11.1. The minimum absolute atomic E-state index is 0.202. The maximum absolute atomic E-state index is 14.5. The van der Waals surface area contributed by atoms with Gasteiger partial charge in [0.15, 0.2) is 0 Å². The molecule has 3 aromatic rings. The van der Waals surface area contributed by atoms with Gasteiger partial charge in [-0.2, -0.15) is 0 Å². The molecule has 3 heterocycles. The summed E-state index contributed by atoms with van der Waals surface area (Å²) in [6, 6.07) is 26.7. The molecule has 6 rings (SSSR count). The predicted molar refractivity (Wildman–Crippen MR) is 155 cm³/mol. The molecule has 2 bridgehead atoms. The molecular weight excluding hydrogens is 522 g/mol. The number of likely N-dealkylation sites (tertiary alicyclic amines) is 1. The summed E-state index contributed by atoms with van der Waals surface area (Å²) in [5, 5.41) is 16.7. The Hall–Kier alpha value is -3.62. The number of anilines is 1. The van der Waals surface area contributed by atoms with Crippen LogP contribution >= 0.6 is 11.8 Å². The van der Waals surface area contributed by atoms with Crippen LogP contribution in [0.5, 0.6) is 0 Å². The van der Waals surface area contributed by atoms with Gasteiger partial charge in [-0.1, -0.05) is 78.9 Å². The number of hydrogen-bond donors (Lipinski definition) is 3. The molecule has 3 aliphatic heterocycles. The van der Waals surface area contributed by atoms with Gasteiger partial charge in [0.2, 0.25) is 17.7 Å². The zero-order valence-corrected chi connectivity index (χ0v) is 23.1. The van der Waals surface area contributed by atoms with E-state index in [1.54, 1.807) is 16.7 Å². The van der Waals surface area contributed by atoms with Crippen molar-refractivity contribution in [3.8, 4) is 0 Å². The van der Waals surface area contributed by atoms with Crippen LogP contribution in [0.2, 0.25) is 0 Å². The van der Waals surface area contributed by atoms with E-state index in [0.717, 1.165) is 17.5 Å². The van der Waals surface area contributed by atoms with Gasteiger partial charge in [-0.15, -0.1) is 11.8 Å². The molecule has 40 heavy (non-hydrogen) atoms. The van der Waals surface area contributed by atoms with E-state index < -0.39 is 33.4 Å². The number of amides is 3. The third kappa shape index (κ3) is 4.30. The Balaban J connectivity index is 1.39. The smallest absolute Gasteiger partial charge is 0.244 e. The van der Waals surface area contributed by atoms with Crippen molar-refractivity contribution in [1.82, 2.24) is 10.2 Å². The molecule has 0 radical (unpaired) electrons. The van der Waals surface area contributed by atoms with E-state index in [4.69, 9.17) is 0 Å². The van der Waals surface area contributed by atoms with Crippen molar-refractivity contribution in [3.05, 3.63) is 102 Å². The first-order valence-corrected chi connectivity index (χ1v) is 14.6. The summed E-state index contributed by atoms with van der Waals surface area (Å²) in [6.45, 7) is 2.05. The highest BCUT2D eigenvalue weighted by Gasteiger charge is 2.77. The number of thioether (sulfide) groups is 1. The molecule has 2 unspecified atom stereocenters. The lowest BCUT2D eigenvalue weighted by atomic mass is 9.66. The second-order valence-corrected chi connectivity index (χ2v) is 13.0. The first kappa shape index (κ1) is 26.6. The lowest BCUT2D eigenvalue weighted by Gasteiger charge is -2.37. The number of aliphatic hydroxyl groups excluding tert-OH is 1. The summed E-state index contributed by atoms with van der Waals surface area (Å²) < 4.78 is -1.25. The van der Waals surface area contributed by atoms with E-state index in [2.05, 4.69) is 17.6 Å². The van der Waals surface area contributed by atoms with Crippen LogP contribution in [-0.4, -0.2) is 49.9 Å². The van der Waals surface area contributed by atoms with E-state index in [0.29, 0.717) is 18.7 Å². The highest BCUT2D eigenvalue weighted by atomic mass is 32.2. The fourth-order valence-electron chi connectivity index (χ4n) is 7.05. The number of para-hydroxylation sites is 1. The number of nitrogens with one attached hydrogen (secondary N) is 2. The van der Waals surface area contributed by atoms with E-state index in [1.165, 1.54) is 0 Å². The largest absolute Gasteiger partial charge is 0.394 e. The Labute approximate surface area is 238 Å². The molecule has 3 aromatic carbocycles. The minimum atomic E-state index is -0.826. The highest BCUT2D eigenvalue weighted by Crippen LogP contribution is 2.72. The summed E-state index contributed by atoms with van der Waals surface area (Å²) in [6.07, 6.45) is 1.37. The summed E-state index contributed by atoms with van der Waals surface area (Å²) >= 11 is 1.62. The molecule has 0 saturated carbocycles. The van der Waals surface area contributed by atoms with Crippen molar-refractivity contribution in [1.29, 1.82) is 0 Å². The number of rotatable bonds is 8. The van der Waals surface area contributed by atoms with Gasteiger partial charge in [-0.05, 0) is 43.0 Å². The Kier molecular flexibility index (Phi) is 6.92. The first-order chi connectivity index (χ1) is 19.4. The van der Waals surface area contributed by atoms with Crippen molar-refractivity contribution in [3.63, 3.8) is 0 Å². The maximum Gasteiger partial charge on any atom is 0.244 e. The molecule has 0 aliphatic carbocycles. The van der Waals surface area contributed by atoms with Crippen molar-refractivity contribution in [2.45, 2.75) is 47.9 Å². The van der Waals surface area contributed by atoms with Gasteiger partial charge in [-0.25, -0.2) is 0 Å². The van der Waals surface area contributed by atoms with Crippen LogP contribution in [0.15, 0.2) is 91.0 Å². The molecule has 7 nitrogen and oxygen atoms in total. The fraction of sp³-hybridized carbons (Fsp3) is 0.344. The van der Waals surface area contributed by atoms with Gasteiger partial charge in [-0.3, -0.25) is 14.4 Å². The van der Waals surface area contributed by atoms with Gasteiger partial charge in [0.25, 0.3) is 0 Å². The van der Waals surface area contributed by atoms with E-state index in [1.807, 2.05) is 91.0 Å². The van der Waals surface area contributed by atoms with Gasteiger partial charge in [0.1, 0.15) is 6.04 Å². The quantitative estimate of drug-likeness (QED) is 0.388. The number of carbonyl (C=O) groups excluding carboxylic acids is 3. The summed E-state index contributed by atoms with van der Waals surface area (Å²) in [4.78, 5) is 44.0. The number of benzene rings is 3. The highest BCUT2D eigenvalue weighted by molar-refractivity contribution is 8.02. The van der Waals surface area contributed by atoms with Crippen molar-refractivity contribution >= 4 is 35.2 Å². The number of hydrogen-bond acceptors (Lipinski definition) is 5. The van der Waals surface area contributed by atoms with Crippen LogP contribution in [0.1, 0.15) is 36.9 Å². The van der Waals surface area contributed by atoms with Crippen molar-refractivity contribution in [2.24, 2.45) is 11.8 Å². The average molecular weight is 556 g/mol. The topological polar surface area (TPSA) is 98.7 Å². The maximum atomic E-state index is 14.5. The van der Waals surface area contributed by atoms with Crippen LogP contribution in [0.3, 0.4) is 0 Å². The molecule has 3 N–H and O–H groups in total. The first-order valence-electron chi connectivity index (χ1n) is 13.7. The Morgan fingerprint density at radius 3 is 2.23 bits per heavy atom. The zero-order valence-electron chi connectivity index (χ0n) is 22.3. The predicted octanol–water partition coefficient (Wildman–Crippen LogP) is 4.16. The lowest BCUT2D eigenvalue weighted by molar-refractivity contribution is -0.142. The molecule has 6 atom stereocenters. The van der Waals surface area contributed by atoms with Crippen LogP contribution in [0.4, 0.5) is 5.69 Å². The average Bonchev–Trinajstić information content (AvgIpc) is 3.55. The van der Waals surface area contributed by atoms with Crippen LogP contribution in [0, 0.1) is 11.8 Å². The molecule has 3 saturated heterocycles. The summed E-state index contributed by atoms with van der Waals surface area (Å²) in [7, 11) is 0. The Bertz CT molecular complexity index is 1410. The molecule has 8 heteroatoms. The van der Waals surface area contributed by atoms with Gasteiger partial charge < -0.3 is 20.6 Å². The monoisotopic (exact) mass is 555 g/mol. The minimum Gasteiger partial charge on any atom is -0.394 e. The van der Waals surface area contributed by atoms with Gasteiger partial charge in [0.05, 0.1) is 29.2 Å². The fourth-order valence-corrected chi connectivity index (χ4v) is 9.40. The molecule has 0 aromatic heterocycles. The van der Waals surface area contributed by atoms with Gasteiger partial charge in [0, 0.05) is 17.0 Å². The number of nitrogens with zero attached hydrogens (tertiary/aromatic N) is 1. The van der Waals surface area contributed by atoms with Crippen LogP contribution < -0.4 is 10.6 Å². The lowest BCUT2D eigenvalue weighted by Crippen LogP contribution is -2.54. The molecular formula is C32H33N3O4S. The molecule has 3 fully saturated rings. The third-order valence-electron chi connectivity index (χ3n) is 8.79. The third-order valence-corrected chi connectivity index (χ3v) is 10.8. The second kappa shape index (κ2) is 10.4. The SMILES string of the molecule is C[C@@]12CCC3(S1)C(C(=O)NCc1ccccc1)N([C@H](CO)c1ccccc1)C(=O)[C@@H]3[C@@H]2C(=O)Nc1ccccc1. The van der Waals surface area contributed by atoms with Crippen molar-refractivity contribution in [2.75, 3.05) is 11.9 Å². The van der Waals surface area contributed by atoms with Crippen LogP contribution in [0.25, 0.3) is 0 Å². The van der Waals surface area contributed by atoms with E-state index in [-0.39, 0.29) is 24.3 Å². The van der Waals surface area contributed by atoms with Gasteiger partial charge >= 0.3 is 0 Å². The molecule has 3 aliphatic rings. The molecule has 1 spiro atoms. The normalized spacial score (nSPS) is 29.2. The number of fused-ring (bicyclic) bond motifs is 1. The number of aliphatic hydroxyl groups is 1. The summed E-state index contributed by atoms with van der Waals surface area (Å²) in [5.41, 5.74) is 2.39. The standard InChI is InChI=1S/C32H33N3O4S/c1-31-17-18-32(40-31)26(25(31)28(37)34-23-15-9-4-10-16-23)30(39)35(24(20-36)22-13-7-3-8-14-22)27(32)29(38)33-19-21-11-5-2-6-12-21/h2-16,24-27,36H,17-20H2,1H3,(H,33,38)(H,34,37)/t24-,25-,26+,27?,31+,32?/m1/s1. The molecule has 206 valence electrons. The van der Waals surface area contributed by atoms with Crippen molar-refractivity contribution < 1.29 is 19.5 Å².